The first-order chi connectivity index (χ1) is 10.9. The van der Waals surface area contributed by atoms with E-state index >= 15 is 0 Å². The molecule has 0 aliphatic heterocycles. The van der Waals surface area contributed by atoms with Gasteiger partial charge in [0.25, 0.3) is 0 Å². The van der Waals surface area contributed by atoms with Gasteiger partial charge in [0, 0.05) is 37.6 Å². The van der Waals surface area contributed by atoms with Crippen molar-refractivity contribution in [3.05, 3.63) is 34.3 Å². The van der Waals surface area contributed by atoms with Crippen molar-refractivity contribution < 1.29 is 9.53 Å². The molecule has 0 spiro atoms. The molecule has 136 valence electrons. The molecule has 0 saturated heterocycles. The van der Waals surface area contributed by atoms with Crippen LogP contribution in [-0.2, 0) is 16.1 Å². The van der Waals surface area contributed by atoms with Gasteiger partial charge in [0.1, 0.15) is 0 Å². The number of methoxy groups -OCH3 is 1. The molecule has 0 bridgehead atoms. The molecule has 6 nitrogen and oxygen atoms in total. The molecule has 1 aromatic rings. The standard InChI is InChI=1S/C16H25BrN4O2.HI/c1-12(11-23-3)20-16(18)19-9-8-15(22)21(2)10-13-6-4-5-7-14(13)17;/h4-7,12H,8-11H2,1-3H3,(H3,18,19,20);1H. The molecular weight excluding hydrogens is 487 g/mol. The third-order valence-electron chi connectivity index (χ3n) is 3.21. The monoisotopic (exact) mass is 512 g/mol. The van der Waals surface area contributed by atoms with Gasteiger partial charge in [0.05, 0.1) is 13.2 Å². The van der Waals surface area contributed by atoms with Crippen LogP contribution in [0.5, 0.6) is 0 Å². The van der Waals surface area contributed by atoms with Gasteiger partial charge < -0.3 is 20.7 Å². The Morgan fingerprint density at radius 3 is 2.75 bits per heavy atom. The van der Waals surface area contributed by atoms with Gasteiger partial charge in [-0.1, -0.05) is 34.1 Å². The predicted octanol–water partition coefficient (Wildman–Crippen LogP) is 2.35. The van der Waals surface area contributed by atoms with Crippen molar-refractivity contribution in [1.29, 1.82) is 0 Å². The van der Waals surface area contributed by atoms with E-state index in [4.69, 9.17) is 10.5 Å². The van der Waals surface area contributed by atoms with Crippen molar-refractivity contribution >= 4 is 51.8 Å². The first kappa shape index (κ1) is 23.1. The molecule has 0 saturated carbocycles. The first-order valence-electron chi connectivity index (χ1n) is 7.46. The predicted molar refractivity (Wildman–Crippen MR) is 112 cm³/mol. The lowest BCUT2D eigenvalue weighted by atomic mass is 10.2. The lowest BCUT2D eigenvalue weighted by molar-refractivity contribution is -0.130. The molecule has 0 aliphatic carbocycles. The van der Waals surface area contributed by atoms with Crippen molar-refractivity contribution in [1.82, 2.24) is 10.2 Å². The molecule has 24 heavy (non-hydrogen) atoms. The van der Waals surface area contributed by atoms with Crippen LogP contribution in [0.2, 0.25) is 0 Å². The van der Waals surface area contributed by atoms with Crippen LogP contribution < -0.4 is 11.1 Å². The molecule has 1 unspecified atom stereocenters. The zero-order valence-corrected chi connectivity index (χ0v) is 18.2. The Labute approximate surface area is 169 Å². The zero-order chi connectivity index (χ0) is 17.2. The highest BCUT2D eigenvalue weighted by atomic mass is 127. The Balaban J connectivity index is 0.00000529. The summed E-state index contributed by atoms with van der Waals surface area (Å²) in [5, 5.41) is 3.00. The Bertz CT molecular complexity index is 543. The summed E-state index contributed by atoms with van der Waals surface area (Å²) in [5.74, 6) is 0.359. The van der Waals surface area contributed by atoms with Crippen molar-refractivity contribution in [2.75, 3.05) is 27.3 Å². The highest BCUT2D eigenvalue weighted by Gasteiger charge is 2.10. The van der Waals surface area contributed by atoms with E-state index in [0.717, 1.165) is 10.0 Å². The Kier molecular flexibility index (Phi) is 12.0. The van der Waals surface area contributed by atoms with E-state index in [2.05, 4.69) is 26.2 Å². The number of nitrogens with two attached hydrogens (primary N) is 1. The third kappa shape index (κ3) is 8.84. The second-order valence-corrected chi connectivity index (χ2v) is 6.21. The average Bonchev–Trinajstić information content (AvgIpc) is 2.49. The van der Waals surface area contributed by atoms with Gasteiger partial charge in [-0.05, 0) is 18.6 Å². The number of benzene rings is 1. The van der Waals surface area contributed by atoms with E-state index < -0.39 is 0 Å². The Hall–Kier alpha value is -0.870. The SMILES string of the molecule is COCC(C)NC(N)=NCCC(=O)N(C)Cc1ccccc1Br.I. The van der Waals surface area contributed by atoms with E-state index in [1.54, 1.807) is 19.1 Å². The number of halogens is 2. The first-order valence-corrected chi connectivity index (χ1v) is 8.26. The van der Waals surface area contributed by atoms with Crippen LogP contribution >= 0.6 is 39.9 Å². The molecule has 0 fully saturated rings. The van der Waals surface area contributed by atoms with E-state index in [1.807, 2.05) is 31.2 Å². The fourth-order valence-corrected chi connectivity index (χ4v) is 2.43. The van der Waals surface area contributed by atoms with Gasteiger partial charge in [0.15, 0.2) is 5.96 Å². The maximum Gasteiger partial charge on any atom is 0.224 e. The summed E-state index contributed by atoms with van der Waals surface area (Å²) >= 11 is 3.49. The van der Waals surface area contributed by atoms with Crippen molar-refractivity contribution in [2.45, 2.75) is 25.9 Å². The van der Waals surface area contributed by atoms with Crippen molar-refractivity contribution in [3.63, 3.8) is 0 Å². The normalized spacial score (nSPS) is 12.2. The van der Waals surface area contributed by atoms with Crippen molar-refractivity contribution in [3.8, 4) is 0 Å². The molecule has 8 heteroatoms. The molecule has 1 rings (SSSR count). The number of hydrogen-bond donors (Lipinski definition) is 2. The molecule has 1 amide bonds. The number of ether oxygens (including phenoxy) is 1. The van der Waals surface area contributed by atoms with E-state index in [0.29, 0.717) is 32.1 Å². The number of amides is 1. The molecule has 0 aromatic heterocycles. The average molecular weight is 513 g/mol. The molecule has 0 heterocycles. The molecule has 1 aromatic carbocycles. The van der Waals surface area contributed by atoms with Crippen LogP contribution in [0.4, 0.5) is 0 Å². The lowest BCUT2D eigenvalue weighted by Gasteiger charge is -2.18. The number of rotatable bonds is 8. The molecule has 3 N–H and O–H groups in total. The Morgan fingerprint density at radius 2 is 2.12 bits per heavy atom. The van der Waals surface area contributed by atoms with Crippen LogP contribution in [0.15, 0.2) is 33.7 Å². The zero-order valence-electron chi connectivity index (χ0n) is 14.3. The summed E-state index contributed by atoms with van der Waals surface area (Å²) < 4.78 is 6.01. The van der Waals surface area contributed by atoms with E-state index in [1.165, 1.54) is 0 Å². The van der Waals surface area contributed by atoms with Gasteiger partial charge in [-0.25, -0.2) is 0 Å². The highest BCUT2D eigenvalue weighted by molar-refractivity contribution is 14.0. The summed E-state index contributed by atoms with van der Waals surface area (Å²) in [4.78, 5) is 18.0. The van der Waals surface area contributed by atoms with Gasteiger partial charge in [-0.2, -0.15) is 0 Å². The number of guanidine groups is 1. The molecular formula is C16H26BrIN4O2. The highest BCUT2D eigenvalue weighted by Crippen LogP contribution is 2.17. The number of hydrogen-bond acceptors (Lipinski definition) is 3. The van der Waals surface area contributed by atoms with Crippen molar-refractivity contribution in [2.24, 2.45) is 10.7 Å². The van der Waals surface area contributed by atoms with Crippen LogP contribution in [0, 0.1) is 0 Å². The summed E-state index contributed by atoms with van der Waals surface area (Å²) in [5.41, 5.74) is 6.83. The number of nitrogens with one attached hydrogen (secondary N) is 1. The van der Waals surface area contributed by atoms with Crippen LogP contribution in [0.3, 0.4) is 0 Å². The molecule has 0 radical (unpaired) electrons. The topological polar surface area (TPSA) is 80.0 Å². The number of carbonyl (C=O) groups is 1. The summed E-state index contributed by atoms with van der Waals surface area (Å²) in [6.45, 7) is 3.41. The fraction of sp³-hybridized carbons (Fsp3) is 0.500. The van der Waals surface area contributed by atoms with E-state index in [9.17, 15) is 4.79 Å². The molecule has 0 aliphatic rings. The second-order valence-electron chi connectivity index (χ2n) is 5.36. The Morgan fingerprint density at radius 1 is 1.46 bits per heavy atom. The summed E-state index contributed by atoms with van der Waals surface area (Å²) in [6.07, 6.45) is 0.321. The minimum atomic E-state index is 0. The largest absolute Gasteiger partial charge is 0.383 e. The molecule has 1 atom stereocenters. The van der Waals surface area contributed by atoms with Gasteiger partial charge in [-0.3, -0.25) is 9.79 Å². The third-order valence-corrected chi connectivity index (χ3v) is 3.98. The van der Waals surface area contributed by atoms with Gasteiger partial charge >= 0.3 is 0 Å². The number of nitrogens with zero attached hydrogens (tertiary/aromatic N) is 2. The maximum atomic E-state index is 12.1. The minimum absolute atomic E-state index is 0. The van der Waals surface area contributed by atoms with Crippen LogP contribution in [0.25, 0.3) is 0 Å². The lowest BCUT2D eigenvalue weighted by Crippen LogP contribution is -2.40. The fourth-order valence-electron chi connectivity index (χ4n) is 2.02. The van der Waals surface area contributed by atoms with Crippen LogP contribution in [0.1, 0.15) is 18.9 Å². The number of carbonyl (C=O) groups excluding carboxylic acids is 1. The summed E-state index contributed by atoms with van der Waals surface area (Å²) in [6, 6.07) is 7.94. The van der Waals surface area contributed by atoms with Gasteiger partial charge in [0.2, 0.25) is 5.91 Å². The second kappa shape index (κ2) is 12.5. The summed E-state index contributed by atoms with van der Waals surface area (Å²) in [7, 11) is 3.42. The minimum Gasteiger partial charge on any atom is -0.383 e. The van der Waals surface area contributed by atoms with Gasteiger partial charge in [-0.15, -0.1) is 24.0 Å². The number of aliphatic imine (C=N–C) groups is 1. The quantitative estimate of drug-likeness (QED) is 0.318. The maximum absolute atomic E-state index is 12.1. The smallest absolute Gasteiger partial charge is 0.224 e. The van der Waals surface area contributed by atoms with Crippen LogP contribution in [-0.4, -0.2) is 50.1 Å². The van der Waals surface area contributed by atoms with E-state index in [-0.39, 0.29) is 35.9 Å².